The number of aromatic nitrogens is 4. The van der Waals surface area contributed by atoms with Crippen molar-refractivity contribution in [2.24, 2.45) is 0 Å². The molecule has 1 fully saturated rings. The van der Waals surface area contributed by atoms with Gasteiger partial charge in [-0.3, -0.25) is 0 Å². The minimum Gasteiger partial charge on any atom is -0.435 e. The van der Waals surface area contributed by atoms with Gasteiger partial charge in [-0.2, -0.15) is 0 Å². The molecule has 5 nitrogen and oxygen atoms in total. The summed E-state index contributed by atoms with van der Waals surface area (Å²) < 4.78 is 9.02. The van der Waals surface area contributed by atoms with Crippen LogP contribution in [-0.2, 0) is 0 Å². The molecule has 0 radical (unpaired) electrons. The molecule has 3 aromatic heterocycles. The minimum atomic E-state index is 0.631. The van der Waals surface area contributed by atoms with E-state index in [0.717, 1.165) is 49.5 Å². The van der Waals surface area contributed by atoms with Crippen molar-refractivity contribution in [3.63, 3.8) is 0 Å². The van der Waals surface area contributed by atoms with Crippen LogP contribution in [-0.4, -0.2) is 19.9 Å². The Morgan fingerprint density at radius 1 is 0.540 bits per heavy atom. The van der Waals surface area contributed by atoms with Crippen LogP contribution < -0.4 is 0 Å². The Kier molecular flexibility index (Phi) is 7.01. The number of benzene rings is 6. The molecule has 50 heavy (non-hydrogen) atoms. The summed E-state index contributed by atoms with van der Waals surface area (Å²) in [6, 6.07) is 44.3. The molecule has 1 aliphatic carbocycles. The standard InChI is InChI=1S/C44H32N4OS/c1-4-11-27(12-5-1)31-20-19-28-21-23-36-40(34(28)25-31)49-44(45-36)32-22-24-37-35(26-32)39-33(17-10-18-38(39)50-37)43-47-41(29-13-6-2-7-14-29)46-42(48-43)30-15-8-3-9-16-30/h2-3,6-10,13-27H,1,4-5,11-12H2. The first kappa shape index (κ1) is 29.2. The number of hydrogen-bond donors (Lipinski definition) is 0. The summed E-state index contributed by atoms with van der Waals surface area (Å²) in [5.74, 6) is 3.21. The maximum absolute atomic E-state index is 6.65. The normalized spacial score (nSPS) is 13.9. The lowest BCUT2D eigenvalue weighted by Crippen LogP contribution is -2.04. The lowest BCUT2D eigenvalue weighted by molar-refractivity contribution is 0.444. The highest BCUT2D eigenvalue weighted by Gasteiger charge is 2.20. The molecule has 0 bridgehead atoms. The molecule has 6 heteroatoms. The summed E-state index contributed by atoms with van der Waals surface area (Å²) in [6.45, 7) is 0. The van der Waals surface area contributed by atoms with E-state index in [1.54, 1.807) is 11.3 Å². The van der Waals surface area contributed by atoms with Crippen LogP contribution in [0, 0.1) is 0 Å². The summed E-state index contributed by atoms with van der Waals surface area (Å²) in [7, 11) is 0. The van der Waals surface area contributed by atoms with Gasteiger partial charge in [0.05, 0.1) is 0 Å². The molecule has 0 N–H and O–H groups in total. The number of nitrogens with zero attached hydrogens (tertiary/aromatic N) is 4. The number of hydrogen-bond acceptors (Lipinski definition) is 6. The third-order valence-electron chi connectivity index (χ3n) is 10.2. The third kappa shape index (κ3) is 5.06. The van der Waals surface area contributed by atoms with Gasteiger partial charge in [0.1, 0.15) is 5.52 Å². The van der Waals surface area contributed by atoms with E-state index in [0.29, 0.717) is 29.3 Å². The van der Waals surface area contributed by atoms with E-state index < -0.39 is 0 Å². The summed E-state index contributed by atoms with van der Waals surface area (Å²) in [5.41, 5.74) is 6.99. The van der Waals surface area contributed by atoms with E-state index in [2.05, 4.69) is 66.7 Å². The molecule has 0 spiro atoms. The van der Waals surface area contributed by atoms with Crippen molar-refractivity contribution in [1.82, 2.24) is 19.9 Å². The molecule has 0 unspecified atom stereocenters. The zero-order valence-electron chi connectivity index (χ0n) is 27.3. The van der Waals surface area contributed by atoms with E-state index in [9.17, 15) is 0 Å². The van der Waals surface area contributed by atoms with E-state index in [-0.39, 0.29) is 0 Å². The summed E-state index contributed by atoms with van der Waals surface area (Å²) in [4.78, 5) is 20.1. The molecule has 6 aromatic carbocycles. The van der Waals surface area contributed by atoms with E-state index in [1.165, 1.54) is 52.5 Å². The fraction of sp³-hybridized carbons (Fsp3) is 0.136. The van der Waals surface area contributed by atoms with Crippen molar-refractivity contribution in [1.29, 1.82) is 0 Å². The van der Waals surface area contributed by atoms with Gasteiger partial charge in [0.25, 0.3) is 0 Å². The van der Waals surface area contributed by atoms with Crippen molar-refractivity contribution in [2.75, 3.05) is 0 Å². The lowest BCUT2D eigenvalue weighted by Gasteiger charge is -2.22. The van der Waals surface area contributed by atoms with Crippen LogP contribution in [0.3, 0.4) is 0 Å². The third-order valence-corrected chi connectivity index (χ3v) is 11.3. The van der Waals surface area contributed by atoms with Crippen LogP contribution in [0.25, 0.3) is 87.7 Å². The Morgan fingerprint density at radius 2 is 1.26 bits per heavy atom. The predicted molar refractivity (Wildman–Crippen MR) is 205 cm³/mol. The molecule has 0 saturated heterocycles. The molecular formula is C44H32N4OS. The molecule has 1 saturated carbocycles. The van der Waals surface area contributed by atoms with Crippen LogP contribution >= 0.6 is 11.3 Å². The van der Waals surface area contributed by atoms with Crippen molar-refractivity contribution in [3.8, 4) is 45.6 Å². The quantitative estimate of drug-likeness (QED) is 0.183. The van der Waals surface area contributed by atoms with Gasteiger partial charge in [-0.25, -0.2) is 19.9 Å². The van der Waals surface area contributed by atoms with Gasteiger partial charge in [0.2, 0.25) is 5.89 Å². The Balaban J connectivity index is 1.12. The van der Waals surface area contributed by atoms with Crippen molar-refractivity contribution < 1.29 is 4.42 Å². The first-order chi connectivity index (χ1) is 24.7. The smallest absolute Gasteiger partial charge is 0.227 e. The molecule has 0 aliphatic heterocycles. The zero-order valence-corrected chi connectivity index (χ0v) is 28.2. The average molecular weight is 665 g/mol. The second-order valence-corrected chi connectivity index (χ2v) is 14.4. The maximum Gasteiger partial charge on any atom is 0.227 e. The van der Waals surface area contributed by atoms with E-state index in [4.69, 9.17) is 24.4 Å². The van der Waals surface area contributed by atoms with Crippen LogP contribution in [0.2, 0.25) is 0 Å². The highest BCUT2D eigenvalue weighted by molar-refractivity contribution is 7.26. The second-order valence-electron chi connectivity index (χ2n) is 13.3. The van der Waals surface area contributed by atoms with Gasteiger partial charge < -0.3 is 4.42 Å². The predicted octanol–water partition coefficient (Wildman–Crippen LogP) is 12.2. The zero-order chi connectivity index (χ0) is 33.0. The van der Waals surface area contributed by atoms with Gasteiger partial charge in [-0.15, -0.1) is 11.3 Å². The summed E-state index contributed by atoms with van der Waals surface area (Å²) in [5, 5.41) is 4.59. The highest BCUT2D eigenvalue weighted by atomic mass is 32.1. The number of fused-ring (bicyclic) bond motifs is 6. The maximum atomic E-state index is 6.65. The first-order valence-corrected chi connectivity index (χ1v) is 18.2. The molecule has 9 aromatic rings. The fourth-order valence-electron chi connectivity index (χ4n) is 7.61. The summed E-state index contributed by atoms with van der Waals surface area (Å²) in [6.07, 6.45) is 6.52. The van der Waals surface area contributed by atoms with Gasteiger partial charge in [-0.05, 0) is 66.1 Å². The Hall–Kier alpha value is -5.72. The second kappa shape index (κ2) is 12.0. The molecule has 3 heterocycles. The van der Waals surface area contributed by atoms with Crippen molar-refractivity contribution >= 4 is 53.4 Å². The van der Waals surface area contributed by atoms with Crippen LogP contribution in [0.5, 0.6) is 0 Å². The number of oxazole rings is 1. The fourth-order valence-corrected chi connectivity index (χ4v) is 8.72. The molecule has 1 aliphatic rings. The topological polar surface area (TPSA) is 64.7 Å². The Labute approximate surface area is 293 Å². The molecule has 0 amide bonds. The molecule has 10 rings (SSSR count). The Morgan fingerprint density at radius 3 is 2.02 bits per heavy atom. The highest BCUT2D eigenvalue weighted by Crippen LogP contribution is 2.42. The molecule has 240 valence electrons. The van der Waals surface area contributed by atoms with E-state index in [1.807, 2.05) is 60.7 Å². The van der Waals surface area contributed by atoms with Crippen molar-refractivity contribution in [2.45, 2.75) is 38.0 Å². The number of thiophene rings is 1. The van der Waals surface area contributed by atoms with Crippen LogP contribution in [0.15, 0.2) is 132 Å². The van der Waals surface area contributed by atoms with Crippen molar-refractivity contribution in [3.05, 3.63) is 133 Å². The Bertz CT molecular complexity index is 2630. The van der Waals surface area contributed by atoms with Crippen LogP contribution in [0.4, 0.5) is 0 Å². The lowest BCUT2D eigenvalue weighted by atomic mass is 9.83. The average Bonchev–Trinajstić information content (AvgIpc) is 3.81. The molecule has 0 atom stereocenters. The van der Waals surface area contributed by atoms with Gasteiger partial charge in [-0.1, -0.05) is 110 Å². The first-order valence-electron chi connectivity index (χ1n) is 17.4. The monoisotopic (exact) mass is 664 g/mol. The summed E-state index contributed by atoms with van der Waals surface area (Å²) >= 11 is 1.78. The van der Waals surface area contributed by atoms with Gasteiger partial charge >= 0.3 is 0 Å². The van der Waals surface area contributed by atoms with Crippen LogP contribution in [0.1, 0.15) is 43.6 Å². The van der Waals surface area contributed by atoms with Gasteiger partial charge in [0.15, 0.2) is 23.1 Å². The number of rotatable bonds is 5. The SMILES string of the molecule is c1ccc(-c2nc(-c3ccccc3)nc(-c3cccc4sc5ccc(-c6nc7ccc8ccc(C9CCCCC9)cc8c7o6)cc5c34)n2)cc1. The van der Waals surface area contributed by atoms with Gasteiger partial charge in [0, 0.05) is 47.8 Å². The van der Waals surface area contributed by atoms with E-state index >= 15 is 0 Å². The minimum absolute atomic E-state index is 0.631. The largest absolute Gasteiger partial charge is 0.435 e. The molecular weight excluding hydrogens is 633 g/mol.